The van der Waals surface area contributed by atoms with Gasteiger partial charge in [0.25, 0.3) is 0 Å². The van der Waals surface area contributed by atoms with Crippen LogP contribution in [0, 0.1) is 0 Å². The predicted molar refractivity (Wildman–Crippen MR) is 330 cm³/mol. The lowest BCUT2D eigenvalue weighted by atomic mass is 10.0. The van der Waals surface area contributed by atoms with Gasteiger partial charge in [-0.15, -0.1) is 0 Å². The van der Waals surface area contributed by atoms with Crippen molar-refractivity contribution in [1.29, 1.82) is 0 Å². The van der Waals surface area contributed by atoms with Gasteiger partial charge in [0.1, 0.15) is 13.2 Å². The molecule has 0 aromatic carbocycles. The minimum Gasteiger partial charge on any atom is -0.462 e. The van der Waals surface area contributed by atoms with Crippen molar-refractivity contribution >= 4 is 17.9 Å². The summed E-state index contributed by atoms with van der Waals surface area (Å²) in [6.45, 7) is 6.57. The van der Waals surface area contributed by atoms with Gasteiger partial charge in [0.2, 0.25) is 0 Å². The number of hydrogen-bond donors (Lipinski definition) is 0. The van der Waals surface area contributed by atoms with Crippen molar-refractivity contribution in [2.45, 2.75) is 380 Å². The van der Waals surface area contributed by atoms with Gasteiger partial charge in [0.05, 0.1) is 0 Å². The van der Waals surface area contributed by atoms with Crippen molar-refractivity contribution in [3.05, 3.63) is 36.5 Å². The molecule has 0 saturated carbocycles. The summed E-state index contributed by atoms with van der Waals surface area (Å²) in [5, 5.41) is 0. The third-order valence-electron chi connectivity index (χ3n) is 15.4. The van der Waals surface area contributed by atoms with Gasteiger partial charge in [-0.25, -0.2) is 0 Å². The molecule has 1 unspecified atom stereocenters. The second-order valence-corrected chi connectivity index (χ2v) is 23.1. The zero-order chi connectivity index (χ0) is 55.0. The number of carbonyl (C=O) groups is 3. The van der Waals surface area contributed by atoms with Gasteiger partial charge in [-0.3, -0.25) is 14.4 Å². The molecule has 0 fully saturated rings. The van der Waals surface area contributed by atoms with Crippen LogP contribution in [0.2, 0.25) is 0 Å². The first kappa shape index (κ1) is 73.6. The van der Waals surface area contributed by atoms with E-state index < -0.39 is 6.10 Å². The highest BCUT2D eigenvalue weighted by molar-refractivity contribution is 5.71. The molecule has 1 atom stereocenters. The van der Waals surface area contributed by atoms with Crippen molar-refractivity contribution in [2.75, 3.05) is 13.2 Å². The average molecular weight is 1070 g/mol. The summed E-state index contributed by atoms with van der Waals surface area (Å²) < 4.78 is 16.9. The van der Waals surface area contributed by atoms with Gasteiger partial charge in [-0.05, 0) is 51.4 Å². The molecule has 76 heavy (non-hydrogen) atoms. The maximum Gasteiger partial charge on any atom is 0.306 e. The Labute approximate surface area is 474 Å². The molecule has 0 radical (unpaired) electrons. The first-order valence-corrected chi connectivity index (χ1v) is 34.0. The van der Waals surface area contributed by atoms with E-state index in [0.717, 1.165) is 83.5 Å². The largest absolute Gasteiger partial charge is 0.462 e. The van der Waals surface area contributed by atoms with E-state index in [1.165, 1.54) is 250 Å². The summed E-state index contributed by atoms with van der Waals surface area (Å²) >= 11 is 0. The van der Waals surface area contributed by atoms with Crippen molar-refractivity contribution < 1.29 is 28.6 Å². The quantitative estimate of drug-likeness (QED) is 0.0261. The topological polar surface area (TPSA) is 78.9 Å². The summed E-state index contributed by atoms with van der Waals surface area (Å²) in [5.74, 6) is -0.882. The number of unbranched alkanes of at least 4 members (excludes halogenated alkanes) is 46. The van der Waals surface area contributed by atoms with Gasteiger partial charge in [0, 0.05) is 19.3 Å². The van der Waals surface area contributed by atoms with Gasteiger partial charge in [-0.1, -0.05) is 340 Å². The fourth-order valence-corrected chi connectivity index (χ4v) is 10.3. The van der Waals surface area contributed by atoms with Crippen molar-refractivity contribution in [3.63, 3.8) is 0 Å². The second kappa shape index (κ2) is 65.2. The lowest BCUT2D eigenvalue weighted by Gasteiger charge is -2.18. The van der Waals surface area contributed by atoms with Crippen LogP contribution in [-0.4, -0.2) is 37.2 Å². The Kier molecular flexibility index (Phi) is 63.1. The zero-order valence-electron chi connectivity index (χ0n) is 51.3. The lowest BCUT2D eigenvalue weighted by Crippen LogP contribution is -2.30. The van der Waals surface area contributed by atoms with Crippen LogP contribution in [0.15, 0.2) is 36.5 Å². The molecular formula is C70H130O6. The third-order valence-corrected chi connectivity index (χ3v) is 15.4. The zero-order valence-corrected chi connectivity index (χ0v) is 51.3. The van der Waals surface area contributed by atoms with E-state index >= 15 is 0 Å². The molecule has 0 aromatic heterocycles. The Morgan fingerprint density at radius 2 is 0.513 bits per heavy atom. The molecule has 446 valence electrons. The van der Waals surface area contributed by atoms with E-state index in [0.29, 0.717) is 19.3 Å². The molecule has 0 rings (SSSR count). The molecule has 0 aliphatic rings. The highest BCUT2D eigenvalue weighted by Gasteiger charge is 2.19. The number of allylic oxidation sites excluding steroid dienone is 6. The van der Waals surface area contributed by atoms with E-state index in [1.807, 2.05) is 0 Å². The number of hydrogen-bond acceptors (Lipinski definition) is 6. The van der Waals surface area contributed by atoms with Crippen molar-refractivity contribution in [2.24, 2.45) is 0 Å². The number of ether oxygens (including phenoxy) is 3. The average Bonchev–Trinajstić information content (AvgIpc) is 3.42. The van der Waals surface area contributed by atoms with E-state index in [1.54, 1.807) is 0 Å². The highest BCUT2D eigenvalue weighted by atomic mass is 16.6. The standard InChI is InChI=1S/C70H130O6/c1-4-7-10-13-16-19-22-25-27-28-29-30-31-32-33-34-35-36-37-38-39-40-41-43-45-48-51-54-57-60-63-69(72)75-66-67(65-74-68(71)62-59-56-53-50-47-44-24-21-18-15-12-9-6-3)76-70(73)64-61-58-55-52-49-46-42-26-23-20-17-14-11-8-5-2/h9,12,18,21,44,47,67H,4-8,10-11,13-17,19-20,22-43,45-46,48-66H2,1-3H3/b12-9-,21-18-,47-44-. The van der Waals surface area contributed by atoms with E-state index in [9.17, 15) is 14.4 Å². The summed E-state index contributed by atoms with van der Waals surface area (Å²) in [4.78, 5) is 38.3. The SMILES string of the molecule is CC/C=C\C/C=C\C/C=C\CCCCCC(=O)OCC(COC(=O)CCCCCCCCCCCCCCCCCCCCCCCCCCCCCCCC)OC(=O)CCCCCCCCCCCCCCCCC. The van der Waals surface area contributed by atoms with Gasteiger partial charge in [0.15, 0.2) is 6.10 Å². The number of carbonyl (C=O) groups excluding carboxylic acids is 3. The summed E-state index contributed by atoms with van der Waals surface area (Å²) in [6, 6.07) is 0. The Hall–Kier alpha value is -2.37. The molecule has 0 saturated heterocycles. The molecule has 0 N–H and O–H groups in total. The molecule has 6 nitrogen and oxygen atoms in total. The smallest absolute Gasteiger partial charge is 0.306 e. The molecule has 6 heteroatoms. The highest BCUT2D eigenvalue weighted by Crippen LogP contribution is 2.19. The maximum absolute atomic E-state index is 12.9. The molecule has 0 aliphatic carbocycles. The Morgan fingerprint density at radius 1 is 0.276 bits per heavy atom. The minimum absolute atomic E-state index is 0.0761. The van der Waals surface area contributed by atoms with Crippen LogP contribution in [-0.2, 0) is 28.6 Å². The Morgan fingerprint density at radius 3 is 0.803 bits per heavy atom. The monoisotopic (exact) mass is 1070 g/mol. The normalized spacial score (nSPS) is 12.2. The molecule has 0 aromatic rings. The maximum atomic E-state index is 12.9. The summed E-state index contributed by atoms with van der Waals surface area (Å²) in [5.41, 5.74) is 0. The fraction of sp³-hybridized carbons (Fsp3) is 0.871. The first-order valence-electron chi connectivity index (χ1n) is 34.0. The van der Waals surface area contributed by atoms with Crippen LogP contribution in [0.4, 0.5) is 0 Å². The van der Waals surface area contributed by atoms with Crippen molar-refractivity contribution in [3.8, 4) is 0 Å². The van der Waals surface area contributed by atoms with E-state index in [-0.39, 0.29) is 31.1 Å². The molecule has 0 spiro atoms. The molecule has 0 bridgehead atoms. The minimum atomic E-state index is -0.781. The van der Waals surface area contributed by atoms with Crippen LogP contribution in [0.25, 0.3) is 0 Å². The lowest BCUT2D eigenvalue weighted by molar-refractivity contribution is -0.167. The van der Waals surface area contributed by atoms with E-state index in [4.69, 9.17) is 14.2 Å². The number of esters is 3. The van der Waals surface area contributed by atoms with Crippen molar-refractivity contribution in [1.82, 2.24) is 0 Å². The van der Waals surface area contributed by atoms with Gasteiger partial charge >= 0.3 is 17.9 Å². The molecule has 0 amide bonds. The number of rotatable bonds is 63. The molecule has 0 heterocycles. The van der Waals surface area contributed by atoms with Crippen LogP contribution >= 0.6 is 0 Å². The van der Waals surface area contributed by atoms with Gasteiger partial charge in [-0.2, -0.15) is 0 Å². The Balaban J connectivity index is 4.12. The van der Waals surface area contributed by atoms with Crippen LogP contribution < -0.4 is 0 Å². The molecular weight excluding hydrogens is 937 g/mol. The van der Waals surface area contributed by atoms with Crippen LogP contribution in [0.5, 0.6) is 0 Å². The molecule has 0 aliphatic heterocycles. The van der Waals surface area contributed by atoms with Crippen LogP contribution in [0.3, 0.4) is 0 Å². The van der Waals surface area contributed by atoms with E-state index in [2.05, 4.69) is 57.2 Å². The van der Waals surface area contributed by atoms with Crippen LogP contribution in [0.1, 0.15) is 374 Å². The second-order valence-electron chi connectivity index (χ2n) is 23.1. The first-order chi connectivity index (χ1) is 37.5. The summed E-state index contributed by atoms with van der Waals surface area (Å²) in [7, 11) is 0. The summed E-state index contributed by atoms with van der Waals surface area (Å²) in [6.07, 6.45) is 80.5. The van der Waals surface area contributed by atoms with Gasteiger partial charge < -0.3 is 14.2 Å². The Bertz CT molecular complexity index is 1270. The predicted octanol–water partition coefficient (Wildman–Crippen LogP) is 23.2. The third kappa shape index (κ3) is 62.5. The fourth-order valence-electron chi connectivity index (χ4n) is 10.3.